The number of carbonyl (C=O) groups is 3. The number of ether oxygens (including phenoxy) is 4. The fourth-order valence-electron chi connectivity index (χ4n) is 8.31. The van der Waals surface area contributed by atoms with E-state index < -0.39 is 54.7 Å². The predicted octanol–water partition coefficient (Wildman–Crippen LogP) is 13.1. The van der Waals surface area contributed by atoms with Crippen molar-refractivity contribution in [2.75, 3.05) is 13.2 Å². The molecule has 6 unspecified atom stereocenters. The summed E-state index contributed by atoms with van der Waals surface area (Å²) in [4.78, 5) is 37.0. The molecule has 11 heteroatoms. The van der Waals surface area contributed by atoms with E-state index in [0.29, 0.717) is 12.8 Å². The van der Waals surface area contributed by atoms with Crippen molar-refractivity contribution >= 4 is 17.9 Å². The van der Waals surface area contributed by atoms with E-state index in [1.54, 1.807) is 0 Å². The number of allylic oxidation sites excluding steroid dienone is 6. The molecule has 0 amide bonds. The lowest BCUT2D eigenvalue weighted by Crippen LogP contribution is -2.60. The molecule has 0 aromatic heterocycles. The number of carboxylic acid groups (broad SMARTS) is 1. The van der Waals surface area contributed by atoms with Gasteiger partial charge in [0.2, 0.25) is 0 Å². The molecule has 0 aromatic rings. The van der Waals surface area contributed by atoms with E-state index in [1.807, 2.05) is 0 Å². The molecule has 0 spiro atoms. The monoisotopic (exact) mass is 935 g/mol. The molecular formula is C55H98O11. The van der Waals surface area contributed by atoms with Gasteiger partial charge in [-0.1, -0.05) is 224 Å². The van der Waals surface area contributed by atoms with Gasteiger partial charge in [-0.05, 0) is 44.9 Å². The van der Waals surface area contributed by atoms with Gasteiger partial charge in [-0.25, -0.2) is 4.79 Å². The minimum atomic E-state index is -1.86. The molecule has 1 aliphatic heterocycles. The molecule has 66 heavy (non-hydrogen) atoms. The summed E-state index contributed by atoms with van der Waals surface area (Å²) < 4.78 is 21.8. The summed E-state index contributed by atoms with van der Waals surface area (Å²) in [5.74, 6) is -2.44. The fraction of sp³-hybridized carbons (Fsp3) is 0.836. The first-order valence-electron chi connectivity index (χ1n) is 27.0. The molecule has 0 saturated carbocycles. The number of hydrogen-bond acceptors (Lipinski definition) is 10. The van der Waals surface area contributed by atoms with Crippen LogP contribution in [0.2, 0.25) is 0 Å². The van der Waals surface area contributed by atoms with Gasteiger partial charge in [0.1, 0.15) is 24.9 Å². The quantitative estimate of drug-likeness (QED) is 0.0260. The van der Waals surface area contributed by atoms with Crippen molar-refractivity contribution in [2.24, 2.45) is 0 Å². The Kier molecular flexibility index (Phi) is 41.8. The van der Waals surface area contributed by atoms with Crippen LogP contribution in [0.5, 0.6) is 0 Å². The zero-order chi connectivity index (χ0) is 48.1. The summed E-state index contributed by atoms with van der Waals surface area (Å²) in [6.45, 7) is 3.74. The molecule has 1 heterocycles. The van der Waals surface area contributed by atoms with Crippen molar-refractivity contribution in [2.45, 2.75) is 282 Å². The van der Waals surface area contributed by atoms with Gasteiger partial charge in [-0.2, -0.15) is 0 Å². The second-order valence-electron chi connectivity index (χ2n) is 18.7. The number of unbranched alkanes of at least 4 members (excludes halogenated alkanes) is 29. The first-order chi connectivity index (χ1) is 32.2. The van der Waals surface area contributed by atoms with Crippen molar-refractivity contribution in [3.05, 3.63) is 36.5 Å². The van der Waals surface area contributed by atoms with Crippen LogP contribution in [0.1, 0.15) is 245 Å². The Bertz CT molecular complexity index is 1240. The minimum absolute atomic E-state index is 0.184. The number of aliphatic hydroxyl groups is 3. The average Bonchev–Trinajstić information content (AvgIpc) is 3.30. The Morgan fingerprint density at radius 2 is 0.894 bits per heavy atom. The molecule has 0 bridgehead atoms. The number of esters is 2. The Labute approximate surface area is 401 Å². The molecule has 4 N–H and O–H groups in total. The summed E-state index contributed by atoms with van der Waals surface area (Å²) in [6, 6.07) is 0. The maximum atomic E-state index is 12.9. The van der Waals surface area contributed by atoms with Crippen molar-refractivity contribution in [3.63, 3.8) is 0 Å². The lowest BCUT2D eigenvalue weighted by Gasteiger charge is -2.38. The SMILES string of the molecule is CC/C=C\C/C=C\C/C=C\CCCCCCCCCC(=O)OCC(COC1OC(C(=O)O)C(O)C(O)C1O)OC(=O)CCCCCCCCCCCCCCCCCCCCCCCCC. The number of hydrogen-bond donors (Lipinski definition) is 4. The van der Waals surface area contributed by atoms with Crippen LogP contribution >= 0.6 is 0 Å². The molecule has 11 nitrogen and oxygen atoms in total. The Hall–Kier alpha value is -2.57. The molecule has 0 radical (unpaired) electrons. The highest BCUT2D eigenvalue weighted by Gasteiger charge is 2.47. The van der Waals surface area contributed by atoms with E-state index in [4.69, 9.17) is 18.9 Å². The van der Waals surface area contributed by atoms with Crippen molar-refractivity contribution in [3.8, 4) is 0 Å². The average molecular weight is 935 g/mol. The van der Waals surface area contributed by atoms with Crippen LogP contribution in [0.25, 0.3) is 0 Å². The first-order valence-corrected chi connectivity index (χ1v) is 27.0. The third kappa shape index (κ3) is 35.6. The summed E-state index contributed by atoms with van der Waals surface area (Å²) >= 11 is 0. The Balaban J connectivity index is 2.25. The molecule has 0 aliphatic carbocycles. The molecule has 1 rings (SSSR count). The van der Waals surface area contributed by atoms with Crippen molar-refractivity contribution < 1.29 is 53.8 Å². The number of rotatable bonds is 46. The standard InChI is InChI=1S/C55H98O11/c1-3-5-7-9-11-13-15-17-19-21-22-23-24-25-26-28-30-32-34-36-38-40-42-44-49(57)65-47(46-64-55-52(60)50(58)51(59)53(66-55)54(61)62)45-63-48(56)43-41-39-37-35-33-31-29-27-20-18-16-14-12-10-8-6-4-2/h6,8,12,14,18,20,47,50-53,55,58-60H,3-5,7,9-11,13,15-17,19,21-46H2,1-2H3,(H,61,62)/b8-6-,14-12-,20-18-. The summed E-state index contributed by atoms with van der Waals surface area (Å²) in [5, 5.41) is 40.0. The van der Waals surface area contributed by atoms with Gasteiger partial charge in [0.25, 0.3) is 0 Å². The van der Waals surface area contributed by atoms with Gasteiger partial charge in [0, 0.05) is 12.8 Å². The van der Waals surface area contributed by atoms with Gasteiger partial charge >= 0.3 is 17.9 Å². The first kappa shape index (κ1) is 61.4. The van der Waals surface area contributed by atoms with E-state index in [1.165, 1.54) is 135 Å². The van der Waals surface area contributed by atoms with E-state index in [9.17, 15) is 34.8 Å². The lowest BCUT2D eigenvalue weighted by atomic mass is 9.99. The highest BCUT2D eigenvalue weighted by Crippen LogP contribution is 2.23. The highest BCUT2D eigenvalue weighted by molar-refractivity contribution is 5.73. The Morgan fingerprint density at radius 1 is 0.485 bits per heavy atom. The third-order valence-electron chi connectivity index (χ3n) is 12.5. The van der Waals surface area contributed by atoms with Crippen LogP contribution < -0.4 is 0 Å². The molecule has 0 aromatic carbocycles. The van der Waals surface area contributed by atoms with Crippen LogP contribution in [0.3, 0.4) is 0 Å². The highest BCUT2D eigenvalue weighted by atomic mass is 16.7. The second kappa shape index (κ2) is 44.9. The normalized spacial score (nSPS) is 19.3. The van der Waals surface area contributed by atoms with Gasteiger partial charge in [-0.3, -0.25) is 9.59 Å². The number of carbonyl (C=O) groups excluding carboxylic acids is 2. The summed E-state index contributed by atoms with van der Waals surface area (Å²) in [7, 11) is 0. The van der Waals surface area contributed by atoms with E-state index in [-0.39, 0.29) is 26.1 Å². The van der Waals surface area contributed by atoms with Gasteiger partial charge < -0.3 is 39.4 Å². The molecule has 384 valence electrons. The minimum Gasteiger partial charge on any atom is -0.479 e. The number of aliphatic hydroxyl groups excluding tert-OH is 3. The van der Waals surface area contributed by atoms with Gasteiger partial charge in [-0.15, -0.1) is 0 Å². The maximum Gasteiger partial charge on any atom is 0.335 e. The van der Waals surface area contributed by atoms with Crippen LogP contribution in [0, 0.1) is 0 Å². The second-order valence-corrected chi connectivity index (χ2v) is 18.7. The smallest absolute Gasteiger partial charge is 0.335 e. The summed E-state index contributed by atoms with van der Waals surface area (Å²) in [5.41, 5.74) is 0. The van der Waals surface area contributed by atoms with E-state index in [2.05, 4.69) is 50.3 Å². The van der Waals surface area contributed by atoms with Crippen LogP contribution in [-0.2, 0) is 33.3 Å². The third-order valence-corrected chi connectivity index (χ3v) is 12.5. The number of carboxylic acids is 1. The predicted molar refractivity (Wildman–Crippen MR) is 266 cm³/mol. The number of aliphatic carboxylic acids is 1. The zero-order valence-electron chi connectivity index (χ0n) is 41.9. The molecular weight excluding hydrogens is 837 g/mol. The van der Waals surface area contributed by atoms with E-state index >= 15 is 0 Å². The van der Waals surface area contributed by atoms with Crippen LogP contribution in [0.4, 0.5) is 0 Å². The largest absolute Gasteiger partial charge is 0.479 e. The topological polar surface area (TPSA) is 169 Å². The van der Waals surface area contributed by atoms with Crippen molar-refractivity contribution in [1.29, 1.82) is 0 Å². The maximum absolute atomic E-state index is 12.9. The Morgan fingerprint density at radius 3 is 1.35 bits per heavy atom. The molecule has 1 saturated heterocycles. The molecule has 1 fully saturated rings. The van der Waals surface area contributed by atoms with Gasteiger partial charge in [0.05, 0.1) is 6.61 Å². The van der Waals surface area contributed by atoms with E-state index in [0.717, 1.165) is 70.6 Å². The fourth-order valence-corrected chi connectivity index (χ4v) is 8.31. The van der Waals surface area contributed by atoms with Gasteiger partial charge in [0.15, 0.2) is 18.5 Å². The van der Waals surface area contributed by atoms with Crippen molar-refractivity contribution in [1.82, 2.24) is 0 Å². The lowest BCUT2D eigenvalue weighted by molar-refractivity contribution is -0.298. The van der Waals surface area contributed by atoms with Crippen LogP contribution in [-0.4, -0.2) is 88.4 Å². The molecule has 6 atom stereocenters. The molecule has 1 aliphatic rings. The summed E-state index contributed by atoms with van der Waals surface area (Å²) in [6.07, 6.45) is 44.9. The van der Waals surface area contributed by atoms with Crippen LogP contribution in [0.15, 0.2) is 36.5 Å². The zero-order valence-corrected chi connectivity index (χ0v) is 41.9.